The van der Waals surface area contributed by atoms with Crippen molar-refractivity contribution in [1.82, 2.24) is 0 Å². The number of rotatable bonds is 10. The second kappa shape index (κ2) is 10.5. The molecule has 0 aromatic heterocycles. The fourth-order valence-electron chi connectivity index (χ4n) is 2.38. The lowest BCUT2D eigenvalue weighted by Gasteiger charge is -2.11. The number of hydrogen-bond acceptors (Lipinski definition) is 1. The van der Waals surface area contributed by atoms with E-state index in [1.807, 2.05) is 12.1 Å². The highest BCUT2D eigenvalue weighted by atomic mass is 35.5. The van der Waals surface area contributed by atoms with Gasteiger partial charge < -0.3 is 5.11 Å². The third kappa shape index (κ3) is 7.52. The summed E-state index contributed by atoms with van der Waals surface area (Å²) in [5.41, 5.74) is 1.05. The molecular formula is C17H26Cl2O. The standard InChI is InChI=1S/C17H26Cl2O/c1-2-3-4-5-6-7-8-9-15(20)12-14-10-11-16(18)17(19)13-14/h10-11,13,15,20H,2-9,12H2,1H3. The number of aliphatic hydroxyl groups excluding tert-OH is 1. The van der Waals surface area contributed by atoms with Crippen LogP contribution in [0.25, 0.3) is 0 Å². The molecule has 0 aliphatic heterocycles. The molecule has 1 aromatic carbocycles. The maximum absolute atomic E-state index is 10.0. The van der Waals surface area contributed by atoms with Gasteiger partial charge >= 0.3 is 0 Å². The monoisotopic (exact) mass is 316 g/mol. The van der Waals surface area contributed by atoms with E-state index in [1.165, 1.54) is 38.5 Å². The van der Waals surface area contributed by atoms with Gasteiger partial charge in [-0.3, -0.25) is 0 Å². The number of halogens is 2. The maximum atomic E-state index is 10.0. The fraction of sp³-hybridized carbons (Fsp3) is 0.647. The first-order valence-electron chi connectivity index (χ1n) is 7.75. The lowest BCUT2D eigenvalue weighted by atomic mass is 10.0. The van der Waals surface area contributed by atoms with Gasteiger partial charge in [0.2, 0.25) is 0 Å². The summed E-state index contributed by atoms with van der Waals surface area (Å²) < 4.78 is 0. The topological polar surface area (TPSA) is 20.2 Å². The van der Waals surface area contributed by atoms with E-state index in [2.05, 4.69) is 6.92 Å². The van der Waals surface area contributed by atoms with E-state index < -0.39 is 0 Å². The molecule has 1 rings (SSSR count). The predicted octanol–water partition coefficient (Wildman–Crippen LogP) is 6.04. The summed E-state index contributed by atoms with van der Waals surface area (Å²) in [4.78, 5) is 0. The van der Waals surface area contributed by atoms with Crippen LogP contribution in [0.5, 0.6) is 0 Å². The van der Waals surface area contributed by atoms with Crippen molar-refractivity contribution < 1.29 is 5.11 Å². The summed E-state index contributed by atoms with van der Waals surface area (Å²) in [6.07, 6.45) is 10.2. The van der Waals surface area contributed by atoms with Gasteiger partial charge in [-0.2, -0.15) is 0 Å². The number of aliphatic hydroxyl groups is 1. The minimum atomic E-state index is -0.275. The molecule has 20 heavy (non-hydrogen) atoms. The van der Waals surface area contributed by atoms with Crippen molar-refractivity contribution in [2.75, 3.05) is 0 Å². The molecule has 1 nitrogen and oxygen atoms in total. The molecule has 0 radical (unpaired) electrons. The first-order chi connectivity index (χ1) is 9.63. The molecule has 1 aromatic rings. The Morgan fingerprint density at radius 2 is 1.60 bits per heavy atom. The van der Waals surface area contributed by atoms with Crippen LogP contribution in [0.15, 0.2) is 18.2 Å². The van der Waals surface area contributed by atoms with Gasteiger partial charge in [0.05, 0.1) is 16.1 Å². The predicted molar refractivity (Wildman–Crippen MR) is 88.8 cm³/mol. The summed E-state index contributed by atoms with van der Waals surface area (Å²) in [6.45, 7) is 2.24. The Hall–Kier alpha value is -0.240. The van der Waals surface area contributed by atoms with Crippen molar-refractivity contribution in [2.45, 2.75) is 70.8 Å². The minimum Gasteiger partial charge on any atom is -0.393 e. The van der Waals surface area contributed by atoms with Crippen LogP contribution in [0.3, 0.4) is 0 Å². The molecule has 0 spiro atoms. The molecule has 1 unspecified atom stereocenters. The van der Waals surface area contributed by atoms with Crippen LogP contribution in [0.4, 0.5) is 0 Å². The van der Waals surface area contributed by atoms with Gasteiger partial charge in [-0.25, -0.2) is 0 Å². The van der Waals surface area contributed by atoms with E-state index in [0.717, 1.165) is 18.4 Å². The van der Waals surface area contributed by atoms with Crippen molar-refractivity contribution in [1.29, 1.82) is 0 Å². The second-order valence-electron chi connectivity index (χ2n) is 5.52. The van der Waals surface area contributed by atoms with Gasteiger partial charge in [-0.1, -0.05) is 81.1 Å². The van der Waals surface area contributed by atoms with Gasteiger partial charge in [-0.05, 0) is 30.5 Å². The molecule has 0 heterocycles. The van der Waals surface area contributed by atoms with Crippen LogP contribution in [0.2, 0.25) is 10.0 Å². The Bertz CT molecular complexity index is 379. The molecule has 0 aliphatic rings. The number of hydrogen-bond donors (Lipinski definition) is 1. The SMILES string of the molecule is CCCCCCCCCC(O)Cc1ccc(Cl)c(Cl)c1. The molecule has 1 atom stereocenters. The van der Waals surface area contributed by atoms with E-state index in [1.54, 1.807) is 6.07 Å². The molecule has 0 saturated carbocycles. The van der Waals surface area contributed by atoms with Crippen molar-refractivity contribution in [3.05, 3.63) is 33.8 Å². The third-order valence-corrected chi connectivity index (χ3v) is 4.34. The summed E-state index contributed by atoms with van der Waals surface area (Å²) in [7, 11) is 0. The van der Waals surface area contributed by atoms with Gasteiger partial charge in [0.1, 0.15) is 0 Å². The van der Waals surface area contributed by atoms with E-state index in [0.29, 0.717) is 16.5 Å². The zero-order valence-electron chi connectivity index (χ0n) is 12.4. The van der Waals surface area contributed by atoms with Crippen LogP contribution in [0.1, 0.15) is 63.9 Å². The van der Waals surface area contributed by atoms with E-state index in [-0.39, 0.29) is 6.10 Å². The van der Waals surface area contributed by atoms with Crippen molar-refractivity contribution in [3.63, 3.8) is 0 Å². The fourth-order valence-corrected chi connectivity index (χ4v) is 2.70. The summed E-state index contributed by atoms with van der Waals surface area (Å²) in [6, 6.07) is 5.57. The third-order valence-electron chi connectivity index (χ3n) is 3.60. The van der Waals surface area contributed by atoms with E-state index >= 15 is 0 Å². The Morgan fingerprint density at radius 3 is 2.25 bits per heavy atom. The Balaban J connectivity index is 2.13. The van der Waals surface area contributed by atoms with Crippen molar-refractivity contribution >= 4 is 23.2 Å². The first-order valence-corrected chi connectivity index (χ1v) is 8.51. The zero-order chi connectivity index (χ0) is 14.8. The van der Waals surface area contributed by atoms with Gasteiger partial charge in [0, 0.05) is 0 Å². The molecule has 0 fully saturated rings. The van der Waals surface area contributed by atoms with E-state index in [4.69, 9.17) is 23.2 Å². The van der Waals surface area contributed by atoms with Gasteiger partial charge in [-0.15, -0.1) is 0 Å². The second-order valence-corrected chi connectivity index (χ2v) is 6.33. The summed E-state index contributed by atoms with van der Waals surface area (Å²) >= 11 is 11.8. The first kappa shape index (κ1) is 17.8. The smallest absolute Gasteiger partial charge is 0.0595 e. The average molecular weight is 317 g/mol. The highest BCUT2D eigenvalue weighted by Gasteiger charge is 2.07. The van der Waals surface area contributed by atoms with Crippen molar-refractivity contribution in [2.24, 2.45) is 0 Å². The van der Waals surface area contributed by atoms with Crippen molar-refractivity contribution in [3.8, 4) is 0 Å². The number of unbranched alkanes of at least 4 members (excludes halogenated alkanes) is 6. The lowest BCUT2D eigenvalue weighted by Crippen LogP contribution is -2.10. The van der Waals surface area contributed by atoms with Crippen LogP contribution < -0.4 is 0 Å². The highest BCUT2D eigenvalue weighted by Crippen LogP contribution is 2.23. The minimum absolute atomic E-state index is 0.275. The summed E-state index contributed by atoms with van der Waals surface area (Å²) in [5, 5.41) is 11.2. The van der Waals surface area contributed by atoms with Crippen LogP contribution in [0, 0.1) is 0 Å². The highest BCUT2D eigenvalue weighted by molar-refractivity contribution is 6.42. The molecule has 0 bridgehead atoms. The van der Waals surface area contributed by atoms with Crippen LogP contribution >= 0.6 is 23.2 Å². The molecule has 0 aliphatic carbocycles. The molecule has 0 amide bonds. The summed E-state index contributed by atoms with van der Waals surface area (Å²) in [5.74, 6) is 0. The quantitative estimate of drug-likeness (QED) is 0.522. The van der Waals surface area contributed by atoms with Gasteiger partial charge in [0.25, 0.3) is 0 Å². The Kier molecular flexibility index (Phi) is 9.33. The number of benzene rings is 1. The molecular weight excluding hydrogens is 291 g/mol. The van der Waals surface area contributed by atoms with Gasteiger partial charge in [0.15, 0.2) is 0 Å². The largest absolute Gasteiger partial charge is 0.393 e. The molecule has 114 valence electrons. The Morgan fingerprint density at radius 1 is 0.950 bits per heavy atom. The zero-order valence-corrected chi connectivity index (χ0v) is 13.9. The average Bonchev–Trinajstić information content (AvgIpc) is 2.42. The molecule has 0 saturated heterocycles. The molecule has 3 heteroatoms. The van der Waals surface area contributed by atoms with Crippen LogP contribution in [-0.2, 0) is 6.42 Å². The molecule has 1 N–H and O–H groups in total. The maximum Gasteiger partial charge on any atom is 0.0595 e. The lowest BCUT2D eigenvalue weighted by molar-refractivity contribution is 0.161. The Labute approximate surface area is 133 Å². The normalized spacial score (nSPS) is 12.6. The van der Waals surface area contributed by atoms with E-state index in [9.17, 15) is 5.11 Å². The van der Waals surface area contributed by atoms with Crippen LogP contribution in [-0.4, -0.2) is 11.2 Å².